The first kappa shape index (κ1) is 12.9. The van der Waals surface area contributed by atoms with Gasteiger partial charge in [-0.25, -0.2) is 0 Å². The van der Waals surface area contributed by atoms with Crippen molar-refractivity contribution in [2.75, 3.05) is 6.54 Å². The zero-order valence-corrected chi connectivity index (χ0v) is 12.0. The molecule has 0 aliphatic carbocycles. The number of nitrogens with one attached hydrogen (secondary N) is 1. The number of alkyl halides is 1. The highest BCUT2D eigenvalue weighted by Gasteiger charge is 2.30. The minimum Gasteiger partial charge on any atom is -0.312 e. The van der Waals surface area contributed by atoms with E-state index in [4.69, 9.17) is 11.6 Å². The molecule has 1 aromatic carbocycles. The van der Waals surface area contributed by atoms with Gasteiger partial charge in [-0.1, -0.05) is 13.0 Å². The maximum atomic E-state index is 6.70. The van der Waals surface area contributed by atoms with Gasteiger partial charge in [0, 0.05) is 10.7 Å². The molecule has 92 valence electrons. The fourth-order valence-electron chi connectivity index (χ4n) is 2.02. The fraction of sp³-hybridized carbons (Fsp3) is 0.429. The molecule has 0 saturated heterocycles. The minimum atomic E-state index is -0.369. The Morgan fingerprint density at radius 1 is 1.41 bits per heavy atom. The molecule has 2 rings (SSSR count). The second-order valence-corrected chi connectivity index (χ2v) is 6.26. The topological polar surface area (TPSA) is 12.0 Å². The van der Waals surface area contributed by atoms with E-state index in [0.717, 1.165) is 6.54 Å². The summed E-state index contributed by atoms with van der Waals surface area (Å²) in [7, 11) is 0. The molecule has 0 spiro atoms. The molecule has 2 atom stereocenters. The maximum Gasteiger partial charge on any atom is 0.0816 e. The average molecular weight is 268 g/mol. The lowest BCUT2D eigenvalue weighted by atomic mass is 9.92. The third kappa shape index (κ3) is 2.49. The summed E-state index contributed by atoms with van der Waals surface area (Å²) < 4.78 is 1.32. The molecule has 2 aromatic rings. The van der Waals surface area contributed by atoms with E-state index in [1.807, 2.05) is 0 Å². The van der Waals surface area contributed by atoms with Crippen molar-refractivity contribution >= 4 is 33.0 Å². The summed E-state index contributed by atoms with van der Waals surface area (Å²) in [4.78, 5) is -0.369. The summed E-state index contributed by atoms with van der Waals surface area (Å²) in [6.07, 6.45) is 0. The van der Waals surface area contributed by atoms with Crippen LogP contribution in [0.5, 0.6) is 0 Å². The zero-order valence-electron chi connectivity index (χ0n) is 10.5. The van der Waals surface area contributed by atoms with Gasteiger partial charge in [0.15, 0.2) is 0 Å². The number of fused-ring (bicyclic) bond motifs is 1. The van der Waals surface area contributed by atoms with Crippen molar-refractivity contribution in [2.45, 2.75) is 31.7 Å². The van der Waals surface area contributed by atoms with E-state index in [9.17, 15) is 0 Å². The van der Waals surface area contributed by atoms with Crippen molar-refractivity contribution in [3.8, 4) is 0 Å². The van der Waals surface area contributed by atoms with Crippen molar-refractivity contribution in [3.05, 3.63) is 35.2 Å². The molecule has 17 heavy (non-hydrogen) atoms. The van der Waals surface area contributed by atoms with Crippen LogP contribution in [0.2, 0.25) is 0 Å². The smallest absolute Gasteiger partial charge is 0.0816 e. The highest BCUT2D eigenvalue weighted by Crippen LogP contribution is 2.35. The van der Waals surface area contributed by atoms with Crippen LogP contribution in [0.1, 0.15) is 26.3 Å². The summed E-state index contributed by atoms with van der Waals surface area (Å²) in [5, 5.41) is 6.80. The molecule has 0 saturated carbocycles. The van der Waals surface area contributed by atoms with Crippen LogP contribution in [0.15, 0.2) is 29.6 Å². The highest BCUT2D eigenvalue weighted by molar-refractivity contribution is 7.17. The summed E-state index contributed by atoms with van der Waals surface area (Å²) >= 11 is 8.47. The van der Waals surface area contributed by atoms with Gasteiger partial charge in [0.1, 0.15) is 0 Å². The van der Waals surface area contributed by atoms with Gasteiger partial charge in [0.2, 0.25) is 0 Å². The highest BCUT2D eigenvalue weighted by atomic mass is 35.5. The van der Waals surface area contributed by atoms with E-state index in [-0.39, 0.29) is 10.9 Å². The molecule has 1 aromatic heterocycles. The Kier molecular flexibility index (Phi) is 3.76. The number of benzene rings is 1. The number of thiophene rings is 1. The molecule has 1 nitrogen and oxygen atoms in total. The first-order chi connectivity index (χ1) is 8.05. The van der Waals surface area contributed by atoms with E-state index >= 15 is 0 Å². The van der Waals surface area contributed by atoms with Crippen molar-refractivity contribution in [2.24, 2.45) is 0 Å². The van der Waals surface area contributed by atoms with Crippen molar-refractivity contribution < 1.29 is 0 Å². The number of likely N-dealkylation sites (N-methyl/N-ethyl adjacent to an activating group) is 1. The van der Waals surface area contributed by atoms with Crippen LogP contribution < -0.4 is 5.32 Å². The standard InChI is InChI=1S/C14H18ClNS/c1-4-16-10(2)14(3,15)12-5-6-13-11(9-12)7-8-17-13/h5-10,16H,4H2,1-3H3. The Bertz CT molecular complexity index is 504. The Balaban J connectivity index is 2.36. The van der Waals surface area contributed by atoms with Gasteiger partial charge in [-0.2, -0.15) is 0 Å². The normalized spacial score (nSPS) is 16.9. The summed E-state index contributed by atoms with van der Waals surface area (Å²) in [6, 6.07) is 8.89. The lowest BCUT2D eigenvalue weighted by Gasteiger charge is -2.30. The summed E-state index contributed by atoms with van der Waals surface area (Å²) in [5.74, 6) is 0. The first-order valence-corrected chi connectivity index (χ1v) is 7.21. The molecule has 0 aliphatic heterocycles. The summed E-state index contributed by atoms with van der Waals surface area (Å²) in [6.45, 7) is 7.25. The quantitative estimate of drug-likeness (QED) is 0.812. The van der Waals surface area contributed by atoms with Crippen LogP contribution in [-0.2, 0) is 4.87 Å². The average Bonchev–Trinajstić information content (AvgIpc) is 2.76. The minimum absolute atomic E-state index is 0.241. The molecule has 0 radical (unpaired) electrons. The van der Waals surface area contributed by atoms with Crippen LogP contribution in [-0.4, -0.2) is 12.6 Å². The van der Waals surface area contributed by atoms with Crippen LogP contribution in [0.4, 0.5) is 0 Å². The molecule has 1 heterocycles. The Hall–Kier alpha value is -0.570. The van der Waals surface area contributed by atoms with Gasteiger partial charge < -0.3 is 5.32 Å². The Morgan fingerprint density at radius 3 is 2.88 bits per heavy atom. The van der Waals surface area contributed by atoms with Gasteiger partial charge in [-0.3, -0.25) is 0 Å². The van der Waals surface area contributed by atoms with Crippen molar-refractivity contribution in [3.63, 3.8) is 0 Å². The van der Waals surface area contributed by atoms with E-state index < -0.39 is 0 Å². The molecule has 1 N–H and O–H groups in total. The van der Waals surface area contributed by atoms with Crippen LogP contribution in [0.25, 0.3) is 10.1 Å². The van der Waals surface area contributed by atoms with Crippen LogP contribution >= 0.6 is 22.9 Å². The third-order valence-corrected chi connectivity index (χ3v) is 4.78. The Labute approximate surface area is 112 Å². The molecule has 3 heteroatoms. The van der Waals surface area contributed by atoms with Crippen molar-refractivity contribution in [1.29, 1.82) is 0 Å². The summed E-state index contributed by atoms with van der Waals surface area (Å²) in [5.41, 5.74) is 1.18. The molecule has 0 amide bonds. The van der Waals surface area contributed by atoms with E-state index in [1.165, 1.54) is 15.6 Å². The second-order valence-electron chi connectivity index (χ2n) is 4.53. The zero-order chi connectivity index (χ0) is 12.5. The SMILES string of the molecule is CCNC(C)C(C)(Cl)c1ccc2sccc2c1. The van der Waals surface area contributed by atoms with E-state index in [2.05, 4.69) is 55.7 Å². The predicted octanol–water partition coefficient (Wildman–Crippen LogP) is 4.35. The van der Waals surface area contributed by atoms with Crippen LogP contribution in [0.3, 0.4) is 0 Å². The number of rotatable bonds is 4. The van der Waals surface area contributed by atoms with Gasteiger partial charge in [0.05, 0.1) is 4.87 Å². The fourth-order valence-corrected chi connectivity index (χ4v) is 2.98. The number of halogens is 1. The Morgan fingerprint density at radius 2 is 2.18 bits per heavy atom. The van der Waals surface area contributed by atoms with E-state index in [1.54, 1.807) is 11.3 Å². The first-order valence-electron chi connectivity index (χ1n) is 5.95. The van der Waals surface area contributed by atoms with Crippen LogP contribution in [0, 0.1) is 0 Å². The van der Waals surface area contributed by atoms with E-state index in [0.29, 0.717) is 0 Å². The third-order valence-electron chi connectivity index (χ3n) is 3.34. The molecule has 0 bridgehead atoms. The number of hydrogen-bond donors (Lipinski definition) is 1. The largest absolute Gasteiger partial charge is 0.312 e. The molecule has 0 aliphatic rings. The van der Waals surface area contributed by atoms with Gasteiger partial charge in [-0.05, 0) is 54.9 Å². The second kappa shape index (κ2) is 4.97. The molecule has 2 unspecified atom stereocenters. The van der Waals surface area contributed by atoms with Gasteiger partial charge in [-0.15, -0.1) is 22.9 Å². The van der Waals surface area contributed by atoms with Gasteiger partial charge >= 0.3 is 0 Å². The maximum absolute atomic E-state index is 6.70. The predicted molar refractivity (Wildman–Crippen MR) is 78.2 cm³/mol. The molecular weight excluding hydrogens is 250 g/mol. The molecular formula is C14H18ClNS. The van der Waals surface area contributed by atoms with Crippen molar-refractivity contribution in [1.82, 2.24) is 5.32 Å². The lowest BCUT2D eigenvalue weighted by molar-refractivity contribution is 0.451. The lowest BCUT2D eigenvalue weighted by Crippen LogP contribution is -2.40. The van der Waals surface area contributed by atoms with Gasteiger partial charge in [0.25, 0.3) is 0 Å². The number of hydrogen-bond acceptors (Lipinski definition) is 2. The molecule has 0 fully saturated rings. The monoisotopic (exact) mass is 267 g/mol.